The van der Waals surface area contributed by atoms with Crippen LogP contribution in [0.25, 0.3) is 0 Å². The van der Waals surface area contributed by atoms with Crippen molar-refractivity contribution in [2.24, 2.45) is 0 Å². The second-order valence-electron chi connectivity index (χ2n) is 5.65. The lowest BCUT2D eigenvalue weighted by Crippen LogP contribution is -2.15. The van der Waals surface area contributed by atoms with E-state index in [9.17, 15) is 14.4 Å². The normalized spacial score (nSPS) is 10.2. The lowest BCUT2D eigenvalue weighted by Gasteiger charge is -2.09. The van der Waals surface area contributed by atoms with E-state index < -0.39 is 11.9 Å². The highest BCUT2D eigenvalue weighted by Crippen LogP contribution is 2.25. The highest BCUT2D eigenvalue weighted by atomic mass is 79.9. The van der Waals surface area contributed by atoms with Crippen molar-refractivity contribution < 1.29 is 19.1 Å². The Morgan fingerprint density at radius 3 is 2.32 bits per heavy atom. The Hall–Kier alpha value is -2.97. The molecule has 3 aromatic rings. The molecule has 0 spiro atoms. The summed E-state index contributed by atoms with van der Waals surface area (Å²) in [6.45, 7) is 0. The van der Waals surface area contributed by atoms with Crippen LogP contribution in [0.15, 0.2) is 64.5 Å². The Kier molecular flexibility index (Phi) is 6.23. The van der Waals surface area contributed by atoms with Crippen molar-refractivity contribution in [2.75, 3.05) is 17.7 Å². The molecule has 0 saturated carbocycles. The van der Waals surface area contributed by atoms with E-state index in [1.165, 1.54) is 18.4 Å². The topological polar surface area (TPSA) is 84.5 Å². The van der Waals surface area contributed by atoms with E-state index in [0.29, 0.717) is 27.4 Å². The van der Waals surface area contributed by atoms with Crippen LogP contribution in [0.4, 0.5) is 10.7 Å². The summed E-state index contributed by atoms with van der Waals surface area (Å²) in [5.74, 6) is -1.21. The van der Waals surface area contributed by atoms with Crippen molar-refractivity contribution >= 4 is 55.7 Å². The van der Waals surface area contributed by atoms with Crippen LogP contribution in [0.3, 0.4) is 0 Å². The Balaban J connectivity index is 1.74. The lowest BCUT2D eigenvalue weighted by molar-refractivity contribution is 0.0602. The smallest absolute Gasteiger partial charge is 0.340 e. The molecule has 0 atom stereocenters. The maximum atomic E-state index is 12.6. The highest BCUT2D eigenvalue weighted by Gasteiger charge is 2.16. The number of thiophene rings is 1. The number of rotatable bonds is 5. The fraction of sp³-hybridized carbons (Fsp3) is 0.0500. The molecule has 2 amide bonds. The molecule has 2 N–H and O–H groups in total. The van der Waals surface area contributed by atoms with Gasteiger partial charge in [0, 0.05) is 21.3 Å². The van der Waals surface area contributed by atoms with Gasteiger partial charge < -0.3 is 15.4 Å². The predicted octanol–water partition coefficient (Wildman–Crippen LogP) is 4.80. The molecular formula is C20H15BrN2O4S. The van der Waals surface area contributed by atoms with Gasteiger partial charge in [0.1, 0.15) is 5.00 Å². The van der Waals surface area contributed by atoms with Crippen LogP contribution in [-0.4, -0.2) is 24.9 Å². The molecule has 3 rings (SSSR count). The van der Waals surface area contributed by atoms with Gasteiger partial charge in [-0.15, -0.1) is 11.3 Å². The number of methoxy groups -OCH3 is 1. The summed E-state index contributed by atoms with van der Waals surface area (Å²) in [5, 5.41) is 7.56. The third-order valence-corrected chi connectivity index (χ3v) is 5.09. The number of esters is 1. The average Bonchev–Trinajstić information content (AvgIpc) is 3.15. The summed E-state index contributed by atoms with van der Waals surface area (Å²) < 4.78 is 5.50. The molecule has 0 aliphatic carbocycles. The monoisotopic (exact) mass is 458 g/mol. The molecule has 1 aromatic heterocycles. The maximum absolute atomic E-state index is 12.6. The highest BCUT2D eigenvalue weighted by molar-refractivity contribution is 9.10. The van der Waals surface area contributed by atoms with Gasteiger partial charge in [0.05, 0.1) is 12.7 Å². The van der Waals surface area contributed by atoms with Crippen LogP contribution in [-0.2, 0) is 4.74 Å². The summed E-state index contributed by atoms with van der Waals surface area (Å²) >= 11 is 4.55. The third kappa shape index (κ3) is 4.65. The number of amides is 2. The van der Waals surface area contributed by atoms with E-state index in [0.717, 1.165) is 4.47 Å². The zero-order valence-corrected chi connectivity index (χ0v) is 17.1. The van der Waals surface area contributed by atoms with E-state index in [-0.39, 0.29) is 5.91 Å². The van der Waals surface area contributed by atoms with Gasteiger partial charge in [-0.05, 0) is 47.8 Å². The van der Waals surface area contributed by atoms with Gasteiger partial charge in [-0.1, -0.05) is 28.1 Å². The molecule has 0 aliphatic rings. The molecule has 0 radical (unpaired) electrons. The van der Waals surface area contributed by atoms with E-state index in [4.69, 9.17) is 4.74 Å². The number of halogens is 1. The minimum atomic E-state index is -0.522. The molecule has 1 heterocycles. The fourth-order valence-electron chi connectivity index (χ4n) is 2.42. The Labute approximate surface area is 173 Å². The Morgan fingerprint density at radius 2 is 1.61 bits per heavy atom. The molecule has 0 unspecified atom stereocenters. The first-order chi connectivity index (χ1) is 13.5. The molecular weight excluding hydrogens is 444 g/mol. The quantitative estimate of drug-likeness (QED) is 0.537. The van der Waals surface area contributed by atoms with Crippen molar-refractivity contribution in [3.63, 3.8) is 0 Å². The van der Waals surface area contributed by atoms with Gasteiger partial charge in [-0.25, -0.2) is 4.79 Å². The first kappa shape index (κ1) is 19.8. The SMILES string of the molecule is COC(=O)c1ccsc1NC(=O)c1cccc(NC(=O)c2cccc(Br)c2)c1. The van der Waals surface area contributed by atoms with Crippen molar-refractivity contribution in [2.45, 2.75) is 0 Å². The first-order valence-electron chi connectivity index (χ1n) is 8.12. The van der Waals surface area contributed by atoms with Crippen LogP contribution < -0.4 is 10.6 Å². The van der Waals surface area contributed by atoms with Crippen molar-refractivity contribution in [3.8, 4) is 0 Å². The minimum Gasteiger partial charge on any atom is -0.465 e. The van der Waals surface area contributed by atoms with Crippen LogP contribution in [0.2, 0.25) is 0 Å². The third-order valence-electron chi connectivity index (χ3n) is 3.77. The second-order valence-corrected chi connectivity index (χ2v) is 7.49. The van der Waals surface area contributed by atoms with E-state index in [2.05, 4.69) is 26.6 Å². The van der Waals surface area contributed by atoms with Gasteiger partial charge in [-0.3, -0.25) is 9.59 Å². The van der Waals surface area contributed by atoms with Crippen LogP contribution in [0.1, 0.15) is 31.1 Å². The molecule has 142 valence electrons. The minimum absolute atomic E-state index is 0.287. The lowest BCUT2D eigenvalue weighted by atomic mass is 10.1. The van der Waals surface area contributed by atoms with Crippen molar-refractivity contribution in [3.05, 3.63) is 81.1 Å². The molecule has 0 bridgehead atoms. The van der Waals surface area contributed by atoms with Crippen molar-refractivity contribution in [1.29, 1.82) is 0 Å². The second kappa shape index (κ2) is 8.81. The number of benzene rings is 2. The number of carbonyl (C=O) groups excluding carboxylic acids is 3. The zero-order chi connectivity index (χ0) is 20.1. The molecule has 2 aromatic carbocycles. The van der Waals surface area contributed by atoms with E-state index in [1.54, 1.807) is 53.9 Å². The zero-order valence-electron chi connectivity index (χ0n) is 14.7. The number of hydrogen-bond donors (Lipinski definition) is 2. The summed E-state index contributed by atoms with van der Waals surface area (Å²) in [6.07, 6.45) is 0. The van der Waals surface area contributed by atoms with E-state index in [1.807, 2.05) is 6.07 Å². The summed E-state index contributed by atoms with van der Waals surface area (Å²) in [5.41, 5.74) is 1.61. The Bertz CT molecular complexity index is 1050. The largest absolute Gasteiger partial charge is 0.465 e. The fourth-order valence-corrected chi connectivity index (χ4v) is 3.59. The molecule has 0 saturated heterocycles. The molecule has 8 heteroatoms. The van der Waals surface area contributed by atoms with Gasteiger partial charge in [-0.2, -0.15) is 0 Å². The summed E-state index contributed by atoms with van der Waals surface area (Å²) in [6, 6.07) is 15.1. The number of carbonyl (C=O) groups is 3. The molecule has 28 heavy (non-hydrogen) atoms. The number of nitrogens with one attached hydrogen (secondary N) is 2. The van der Waals surface area contributed by atoms with Gasteiger partial charge in [0.25, 0.3) is 11.8 Å². The standard InChI is InChI=1S/C20H15BrN2O4S/c1-27-20(26)16-8-9-28-19(16)23-18(25)13-5-3-7-15(11-13)22-17(24)12-4-2-6-14(21)10-12/h2-11H,1H3,(H,22,24)(H,23,25). The van der Waals surface area contributed by atoms with Gasteiger partial charge in [0.15, 0.2) is 0 Å². The van der Waals surface area contributed by atoms with E-state index >= 15 is 0 Å². The molecule has 6 nitrogen and oxygen atoms in total. The first-order valence-corrected chi connectivity index (χ1v) is 9.79. The van der Waals surface area contributed by atoms with Crippen molar-refractivity contribution in [1.82, 2.24) is 0 Å². The van der Waals surface area contributed by atoms with Crippen LogP contribution in [0.5, 0.6) is 0 Å². The summed E-state index contributed by atoms with van der Waals surface area (Å²) in [4.78, 5) is 36.7. The average molecular weight is 459 g/mol. The maximum Gasteiger partial charge on any atom is 0.340 e. The van der Waals surface area contributed by atoms with Crippen LogP contribution in [0, 0.1) is 0 Å². The number of anilines is 2. The number of hydrogen-bond acceptors (Lipinski definition) is 5. The van der Waals surface area contributed by atoms with Gasteiger partial charge in [0.2, 0.25) is 0 Å². The van der Waals surface area contributed by atoms with Crippen LogP contribution >= 0.6 is 27.3 Å². The molecule has 0 fully saturated rings. The van der Waals surface area contributed by atoms with Gasteiger partial charge >= 0.3 is 5.97 Å². The predicted molar refractivity (Wildman–Crippen MR) is 112 cm³/mol. The molecule has 0 aliphatic heterocycles. The summed E-state index contributed by atoms with van der Waals surface area (Å²) in [7, 11) is 1.28. The Morgan fingerprint density at radius 1 is 0.929 bits per heavy atom. The number of ether oxygens (including phenoxy) is 1.